The minimum Gasteiger partial charge on any atom is -0.331 e. The maximum Gasteiger partial charge on any atom is 0.258 e. The Kier molecular flexibility index (Phi) is 4.95. The van der Waals surface area contributed by atoms with Gasteiger partial charge in [-0.3, -0.25) is 15.6 Å². The first-order valence-electron chi connectivity index (χ1n) is 7.86. The molecule has 2 aromatic carbocycles. The number of amides is 1. The molecule has 0 atom stereocenters. The average molecular weight is 353 g/mol. The normalized spacial score (nSPS) is 10.5. The van der Waals surface area contributed by atoms with Gasteiger partial charge in [-0.05, 0) is 55.4 Å². The second-order valence-corrected chi connectivity index (χ2v) is 6.14. The number of imidazole rings is 1. The summed E-state index contributed by atoms with van der Waals surface area (Å²) in [6.45, 7) is 4.21. The van der Waals surface area contributed by atoms with E-state index in [0.717, 1.165) is 22.3 Å². The fourth-order valence-electron chi connectivity index (χ4n) is 2.50. The van der Waals surface area contributed by atoms with E-state index in [0.29, 0.717) is 5.11 Å². The number of carbonyl (C=O) groups is 1. The molecule has 7 heteroatoms. The molecule has 0 aliphatic carbocycles. The number of aryl methyl sites for hydroxylation is 1. The average Bonchev–Trinajstić information content (AvgIpc) is 3.00. The van der Waals surface area contributed by atoms with Crippen LogP contribution in [0.25, 0.3) is 11.0 Å². The van der Waals surface area contributed by atoms with E-state index in [1.165, 1.54) is 5.56 Å². The quantitative estimate of drug-likeness (QED) is 0.499. The predicted octanol–water partition coefficient (Wildman–Crippen LogP) is 2.67. The third-order valence-electron chi connectivity index (χ3n) is 4.01. The largest absolute Gasteiger partial charge is 0.331 e. The second-order valence-electron chi connectivity index (χ2n) is 5.74. The fraction of sp³-hybridized carbons (Fsp3) is 0.167. The summed E-state index contributed by atoms with van der Waals surface area (Å²) in [7, 11) is 0. The van der Waals surface area contributed by atoms with E-state index in [9.17, 15) is 4.79 Å². The van der Waals surface area contributed by atoms with Gasteiger partial charge in [0.2, 0.25) is 0 Å². The van der Waals surface area contributed by atoms with Gasteiger partial charge in [-0.15, -0.1) is 0 Å². The summed E-state index contributed by atoms with van der Waals surface area (Å²) < 4.78 is 1.79. The third kappa shape index (κ3) is 3.95. The van der Waals surface area contributed by atoms with Crippen molar-refractivity contribution >= 4 is 40.0 Å². The van der Waals surface area contributed by atoms with Crippen LogP contribution in [0.5, 0.6) is 0 Å². The van der Waals surface area contributed by atoms with E-state index in [4.69, 9.17) is 12.2 Å². The van der Waals surface area contributed by atoms with Gasteiger partial charge in [-0.2, -0.15) is 0 Å². The highest BCUT2D eigenvalue weighted by Crippen LogP contribution is 2.17. The summed E-state index contributed by atoms with van der Waals surface area (Å²) in [5.41, 5.74) is 10.3. The topological polar surface area (TPSA) is 71.0 Å². The molecule has 1 amide bonds. The Balaban J connectivity index is 1.55. The number of nitrogens with zero attached hydrogens (tertiary/aromatic N) is 2. The third-order valence-corrected chi connectivity index (χ3v) is 4.21. The van der Waals surface area contributed by atoms with Crippen LogP contribution in [0.3, 0.4) is 0 Å². The van der Waals surface area contributed by atoms with Crippen molar-refractivity contribution in [2.24, 2.45) is 0 Å². The lowest BCUT2D eigenvalue weighted by molar-refractivity contribution is -0.122. The molecule has 128 valence electrons. The van der Waals surface area contributed by atoms with Crippen molar-refractivity contribution in [1.82, 2.24) is 20.4 Å². The number of fused-ring (bicyclic) bond motifs is 1. The molecule has 0 bridgehead atoms. The van der Waals surface area contributed by atoms with Gasteiger partial charge < -0.3 is 9.88 Å². The minimum absolute atomic E-state index is 0.152. The SMILES string of the molecule is Cc1cccc(NC(=S)NNC(=O)Cn2cnc3ccccc32)c1C. The smallest absolute Gasteiger partial charge is 0.258 e. The monoisotopic (exact) mass is 353 g/mol. The minimum atomic E-state index is -0.215. The molecule has 0 saturated carbocycles. The Bertz CT molecular complexity index is 934. The Labute approximate surface area is 151 Å². The lowest BCUT2D eigenvalue weighted by Gasteiger charge is -2.14. The first-order valence-corrected chi connectivity index (χ1v) is 8.27. The van der Waals surface area contributed by atoms with Crippen molar-refractivity contribution in [1.29, 1.82) is 0 Å². The summed E-state index contributed by atoms with van der Waals surface area (Å²) in [6, 6.07) is 13.6. The molecule has 0 aliphatic rings. The van der Waals surface area contributed by atoms with Gasteiger partial charge in [0.05, 0.1) is 17.4 Å². The van der Waals surface area contributed by atoms with Gasteiger partial charge >= 0.3 is 0 Å². The summed E-state index contributed by atoms with van der Waals surface area (Å²) in [5, 5.41) is 3.41. The molecule has 1 aromatic heterocycles. The summed E-state index contributed by atoms with van der Waals surface area (Å²) >= 11 is 5.23. The van der Waals surface area contributed by atoms with Gasteiger partial charge in [-0.25, -0.2) is 4.98 Å². The van der Waals surface area contributed by atoms with Gasteiger partial charge in [0, 0.05) is 5.69 Å². The van der Waals surface area contributed by atoms with Crippen molar-refractivity contribution in [2.75, 3.05) is 5.32 Å². The van der Waals surface area contributed by atoms with Crippen LogP contribution in [-0.2, 0) is 11.3 Å². The van der Waals surface area contributed by atoms with Crippen LogP contribution in [0, 0.1) is 13.8 Å². The standard InChI is InChI=1S/C18H19N5OS/c1-12-6-5-8-14(13(12)2)20-18(25)22-21-17(24)10-23-11-19-15-7-3-4-9-16(15)23/h3-9,11H,10H2,1-2H3,(H,21,24)(H2,20,22,25). The zero-order valence-electron chi connectivity index (χ0n) is 14.0. The molecule has 0 radical (unpaired) electrons. The maximum atomic E-state index is 12.1. The number of aromatic nitrogens is 2. The van der Waals surface area contributed by atoms with E-state index < -0.39 is 0 Å². The Hall–Kier alpha value is -2.93. The number of nitrogens with one attached hydrogen (secondary N) is 3. The molecule has 0 saturated heterocycles. The van der Waals surface area contributed by atoms with Crippen molar-refractivity contribution in [3.8, 4) is 0 Å². The summed E-state index contributed by atoms with van der Waals surface area (Å²) in [5.74, 6) is -0.215. The van der Waals surface area contributed by atoms with Gasteiger partial charge in [0.15, 0.2) is 5.11 Å². The number of thiocarbonyl (C=S) groups is 1. The van der Waals surface area contributed by atoms with Crippen LogP contribution in [0.15, 0.2) is 48.8 Å². The highest BCUT2D eigenvalue weighted by Gasteiger charge is 2.08. The second kappa shape index (κ2) is 7.31. The molecule has 0 aliphatic heterocycles. The number of hydrogen-bond acceptors (Lipinski definition) is 3. The number of hydrazine groups is 1. The zero-order valence-corrected chi connectivity index (χ0v) is 14.9. The predicted molar refractivity (Wildman–Crippen MR) is 103 cm³/mol. The molecule has 3 rings (SSSR count). The van der Waals surface area contributed by atoms with Crippen LogP contribution in [0.2, 0.25) is 0 Å². The van der Waals surface area contributed by atoms with E-state index >= 15 is 0 Å². The molecular weight excluding hydrogens is 334 g/mol. The van der Waals surface area contributed by atoms with Gasteiger partial charge in [-0.1, -0.05) is 24.3 Å². The molecule has 0 fully saturated rings. The van der Waals surface area contributed by atoms with Crippen molar-refractivity contribution in [3.05, 3.63) is 59.9 Å². The Morgan fingerprint density at radius 3 is 2.76 bits per heavy atom. The highest BCUT2D eigenvalue weighted by molar-refractivity contribution is 7.80. The number of carbonyl (C=O) groups excluding carboxylic acids is 1. The van der Waals surface area contributed by atoms with Crippen LogP contribution in [0.1, 0.15) is 11.1 Å². The van der Waals surface area contributed by atoms with Gasteiger partial charge in [0.25, 0.3) is 5.91 Å². The highest BCUT2D eigenvalue weighted by atomic mass is 32.1. The molecule has 25 heavy (non-hydrogen) atoms. The molecule has 3 N–H and O–H groups in total. The summed E-state index contributed by atoms with van der Waals surface area (Å²) in [6.07, 6.45) is 1.65. The van der Waals surface area contributed by atoms with Crippen molar-refractivity contribution < 1.29 is 4.79 Å². The van der Waals surface area contributed by atoms with Gasteiger partial charge in [0.1, 0.15) is 6.54 Å². The first-order chi connectivity index (χ1) is 12.0. The lowest BCUT2D eigenvalue weighted by Crippen LogP contribution is -2.45. The number of anilines is 1. The number of benzene rings is 2. The Morgan fingerprint density at radius 2 is 1.92 bits per heavy atom. The van der Waals surface area contributed by atoms with Crippen molar-refractivity contribution in [2.45, 2.75) is 20.4 Å². The molecule has 3 aromatic rings. The van der Waals surface area contributed by atoms with Crippen LogP contribution >= 0.6 is 12.2 Å². The number of hydrogen-bond donors (Lipinski definition) is 3. The molecule has 6 nitrogen and oxygen atoms in total. The molecule has 0 spiro atoms. The Morgan fingerprint density at radius 1 is 1.12 bits per heavy atom. The molecule has 1 heterocycles. The van der Waals surface area contributed by atoms with Crippen LogP contribution < -0.4 is 16.2 Å². The van der Waals surface area contributed by atoms with Crippen LogP contribution in [0.4, 0.5) is 5.69 Å². The maximum absolute atomic E-state index is 12.1. The van der Waals surface area contributed by atoms with E-state index in [1.807, 2.05) is 56.3 Å². The summed E-state index contributed by atoms with van der Waals surface area (Å²) in [4.78, 5) is 16.4. The first kappa shape index (κ1) is 16.9. The number of para-hydroxylation sites is 2. The number of rotatable bonds is 3. The van der Waals surface area contributed by atoms with Crippen LogP contribution in [-0.4, -0.2) is 20.6 Å². The fourth-order valence-corrected chi connectivity index (χ4v) is 2.66. The lowest BCUT2D eigenvalue weighted by atomic mass is 10.1. The van der Waals surface area contributed by atoms with E-state index in [1.54, 1.807) is 10.9 Å². The molecule has 0 unspecified atom stereocenters. The van der Waals surface area contributed by atoms with E-state index in [2.05, 4.69) is 21.2 Å². The zero-order chi connectivity index (χ0) is 17.8. The van der Waals surface area contributed by atoms with E-state index in [-0.39, 0.29) is 12.5 Å². The van der Waals surface area contributed by atoms with Crippen molar-refractivity contribution in [3.63, 3.8) is 0 Å². The molecular formula is C18H19N5OS.